The highest BCUT2D eigenvalue weighted by molar-refractivity contribution is 5.94. The van der Waals surface area contributed by atoms with Crippen molar-refractivity contribution in [3.05, 3.63) is 23.3 Å². The molecule has 3 N–H and O–H groups in total. The maximum absolute atomic E-state index is 11.8. The molecule has 0 saturated carbocycles. The first-order valence-electron chi connectivity index (χ1n) is 5.97. The van der Waals surface area contributed by atoms with E-state index in [1.54, 1.807) is 26.0 Å². The number of carbonyl (C=O) groups is 2. The molecule has 0 radical (unpaired) electrons. The fraction of sp³-hybridized carbons (Fsp3) is 0.429. The van der Waals surface area contributed by atoms with Crippen molar-refractivity contribution in [2.75, 3.05) is 5.32 Å². The Kier molecular flexibility index (Phi) is 4.19. The van der Waals surface area contributed by atoms with Gasteiger partial charge in [0.25, 0.3) is 0 Å². The van der Waals surface area contributed by atoms with E-state index in [1.807, 2.05) is 0 Å². The number of hydrogen-bond donors (Lipinski definition) is 3. The molecule has 104 valence electrons. The quantitative estimate of drug-likeness (QED) is 0.730. The molecule has 0 aliphatic carbocycles. The zero-order chi connectivity index (χ0) is 14.8. The zero-order valence-corrected chi connectivity index (χ0v) is 11.6. The van der Waals surface area contributed by atoms with Crippen molar-refractivity contribution in [3.8, 4) is 5.75 Å². The molecule has 5 heteroatoms. The summed E-state index contributed by atoms with van der Waals surface area (Å²) in [5, 5.41) is 21.2. The molecule has 0 bridgehead atoms. The predicted molar refractivity (Wildman–Crippen MR) is 72.2 cm³/mol. The van der Waals surface area contributed by atoms with Crippen molar-refractivity contribution in [2.24, 2.45) is 5.41 Å². The summed E-state index contributed by atoms with van der Waals surface area (Å²) in [4.78, 5) is 22.8. The van der Waals surface area contributed by atoms with Gasteiger partial charge in [-0.25, -0.2) is 0 Å². The van der Waals surface area contributed by atoms with E-state index >= 15 is 0 Å². The second-order valence-electron chi connectivity index (χ2n) is 5.37. The van der Waals surface area contributed by atoms with Crippen LogP contribution in [0.2, 0.25) is 0 Å². The molecule has 0 saturated heterocycles. The Morgan fingerprint density at radius 3 is 2.32 bits per heavy atom. The third-order valence-corrected chi connectivity index (χ3v) is 3.00. The number of aliphatic carboxylic acids is 1. The Labute approximate surface area is 112 Å². The Bertz CT molecular complexity index is 520. The first-order chi connectivity index (χ1) is 8.63. The van der Waals surface area contributed by atoms with Gasteiger partial charge >= 0.3 is 5.97 Å². The minimum atomic E-state index is -1.11. The molecule has 1 aromatic rings. The molecule has 0 spiro atoms. The van der Waals surface area contributed by atoms with Crippen molar-refractivity contribution in [1.29, 1.82) is 0 Å². The number of phenols is 1. The SMILES string of the molecule is Cc1cc(NC(=O)CC(C)(C)C(=O)O)c(C)cc1O. The van der Waals surface area contributed by atoms with Gasteiger partial charge in [-0.2, -0.15) is 0 Å². The van der Waals surface area contributed by atoms with Crippen LogP contribution in [0, 0.1) is 19.3 Å². The molecular formula is C14H19NO4. The second-order valence-corrected chi connectivity index (χ2v) is 5.37. The molecule has 1 amide bonds. The summed E-state index contributed by atoms with van der Waals surface area (Å²) in [6, 6.07) is 3.23. The molecule has 5 nitrogen and oxygen atoms in total. The first-order valence-corrected chi connectivity index (χ1v) is 5.97. The van der Waals surface area contributed by atoms with E-state index in [-0.39, 0.29) is 18.1 Å². The number of aromatic hydroxyl groups is 1. The van der Waals surface area contributed by atoms with Crippen LogP contribution in [0.4, 0.5) is 5.69 Å². The van der Waals surface area contributed by atoms with Crippen LogP contribution in [-0.2, 0) is 9.59 Å². The van der Waals surface area contributed by atoms with Crippen molar-refractivity contribution in [2.45, 2.75) is 34.1 Å². The number of amides is 1. The normalized spacial score (nSPS) is 11.2. The topological polar surface area (TPSA) is 86.6 Å². The van der Waals surface area contributed by atoms with E-state index in [9.17, 15) is 14.7 Å². The summed E-state index contributed by atoms with van der Waals surface area (Å²) in [6.45, 7) is 6.50. The Hall–Kier alpha value is -2.04. The number of phenolic OH excluding ortho intramolecular Hbond substituents is 1. The summed E-state index contributed by atoms with van der Waals surface area (Å²) in [7, 11) is 0. The van der Waals surface area contributed by atoms with Crippen molar-refractivity contribution < 1.29 is 19.8 Å². The Morgan fingerprint density at radius 2 is 1.79 bits per heavy atom. The standard InChI is InChI=1S/C14H19NO4/c1-8-6-11(16)9(2)5-10(8)15-12(17)7-14(3,4)13(18)19/h5-6,16H,7H2,1-4H3,(H,15,17)(H,18,19). The lowest BCUT2D eigenvalue weighted by Gasteiger charge is -2.19. The molecule has 19 heavy (non-hydrogen) atoms. The molecular weight excluding hydrogens is 246 g/mol. The average Bonchev–Trinajstić information content (AvgIpc) is 2.24. The molecule has 0 aliphatic heterocycles. The van der Waals surface area contributed by atoms with E-state index < -0.39 is 11.4 Å². The number of rotatable bonds is 4. The van der Waals surface area contributed by atoms with Crippen LogP contribution in [0.15, 0.2) is 12.1 Å². The van der Waals surface area contributed by atoms with E-state index in [2.05, 4.69) is 5.32 Å². The van der Waals surface area contributed by atoms with Gasteiger partial charge in [0.1, 0.15) is 5.75 Å². The molecule has 1 rings (SSSR count). The van der Waals surface area contributed by atoms with Gasteiger partial charge in [-0.15, -0.1) is 0 Å². The number of hydrogen-bond acceptors (Lipinski definition) is 3. The van der Waals surface area contributed by atoms with Gasteiger partial charge < -0.3 is 15.5 Å². The van der Waals surface area contributed by atoms with Gasteiger partial charge in [-0.05, 0) is 51.0 Å². The van der Waals surface area contributed by atoms with E-state index in [1.165, 1.54) is 13.8 Å². The lowest BCUT2D eigenvalue weighted by atomic mass is 9.89. The average molecular weight is 265 g/mol. The lowest BCUT2D eigenvalue weighted by molar-refractivity contribution is -0.148. The Morgan fingerprint density at radius 1 is 1.21 bits per heavy atom. The maximum atomic E-state index is 11.8. The number of carboxylic acid groups (broad SMARTS) is 1. The van der Waals surface area contributed by atoms with Crippen LogP contribution in [0.5, 0.6) is 5.75 Å². The third kappa shape index (κ3) is 3.71. The molecule has 0 unspecified atom stereocenters. The van der Waals surface area contributed by atoms with E-state index in [4.69, 9.17) is 5.11 Å². The zero-order valence-electron chi connectivity index (χ0n) is 11.6. The van der Waals surface area contributed by atoms with Crippen LogP contribution in [0.3, 0.4) is 0 Å². The van der Waals surface area contributed by atoms with Gasteiger partial charge in [-0.1, -0.05) is 0 Å². The minimum absolute atomic E-state index is 0.109. The molecule has 1 aromatic carbocycles. The number of aryl methyl sites for hydroxylation is 2. The Balaban J connectivity index is 2.84. The smallest absolute Gasteiger partial charge is 0.309 e. The van der Waals surface area contributed by atoms with Gasteiger partial charge in [0.15, 0.2) is 0 Å². The third-order valence-electron chi connectivity index (χ3n) is 3.00. The van der Waals surface area contributed by atoms with E-state index in [0.29, 0.717) is 11.3 Å². The fourth-order valence-corrected chi connectivity index (χ4v) is 1.61. The van der Waals surface area contributed by atoms with Crippen molar-refractivity contribution in [1.82, 2.24) is 0 Å². The molecule has 0 aliphatic rings. The monoisotopic (exact) mass is 265 g/mol. The number of carboxylic acids is 1. The van der Waals surface area contributed by atoms with E-state index in [0.717, 1.165) is 5.56 Å². The van der Waals surface area contributed by atoms with Crippen LogP contribution in [-0.4, -0.2) is 22.1 Å². The highest BCUT2D eigenvalue weighted by Crippen LogP contribution is 2.26. The largest absolute Gasteiger partial charge is 0.508 e. The molecule has 0 atom stereocenters. The molecule has 0 heterocycles. The van der Waals surface area contributed by atoms with Gasteiger partial charge in [0.2, 0.25) is 5.91 Å². The highest BCUT2D eigenvalue weighted by Gasteiger charge is 2.30. The van der Waals surface area contributed by atoms with Gasteiger partial charge in [0, 0.05) is 12.1 Å². The van der Waals surface area contributed by atoms with Crippen LogP contribution < -0.4 is 5.32 Å². The number of carbonyl (C=O) groups excluding carboxylic acids is 1. The number of benzene rings is 1. The van der Waals surface area contributed by atoms with Crippen LogP contribution in [0.1, 0.15) is 31.4 Å². The number of nitrogens with one attached hydrogen (secondary N) is 1. The van der Waals surface area contributed by atoms with Crippen LogP contribution >= 0.6 is 0 Å². The van der Waals surface area contributed by atoms with Gasteiger partial charge in [-0.3, -0.25) is 9.59 Å². The highest BCUT2D eigenvalue weighted by atomic mass is 16.4. The van der Waals surface area contributed by atoms with Crippen molar-refractivity contribution >= 4 is 17.6 Å². The first kappa shape index (κ1) is 15.0. The summed E-state index contributed by atoms with van der Waals surface area (Å²) >= 11 is 0. The van der Waals surface area contributed by atoms with Crippen molar-refractivity contribution in [3.63, 3.8) is 0 Å². The summed E-state index contributed by atoms with van der Waals surface area (Å²) in [5.41, 5.74) is 0.855. The predicted octanol–water partition coefficient (Wildman–Crippen LogP) is 2.45. The summed E-state index contributed by atoms with van der Waals surface area (Å²) < 4.78 is 0. The molecule has 0 aromatic heterocycles. The fourth-order valence-electron chi connectivity index (χ4n) is 1.61. The lowest BCUT2D eigenvalue weighted by Crippen LogP contribution is -2.29. The molecule has 0 fully saturated rings. The summed E-state index contributed by atoms with van der Waals surface area (Å²) in [5.74, 6) is -1.21. The number of anilines is 1. The van der Waals surface area contributed by atoms with Crippen LogP contribution in [0.25, 0.3) is 0 Å². The van der Waals surface area contributed by atoms with Gasteiger partial charge in [0.05, 0.1) is 5.41 Å². The summed E-state index contributed by atoms with van der Waals surface area (Å²) in [6.07, 6.45) is -0.109. The minimum Gasteiger partial charge on any atom is -0.508 e. The maximum Gasteiger partial charge on any atom is 0.309 e. The second kappa shape index (κ2) is 5.30.